The van der Waals surface area contributed by atoms with Gasteiger partial charge in [-0.25, -0.2) is 8.42 Å². The predicted molar refractivity (Wildman–Crippen MR) is 146 cm³/mol. The summed E-state index contributed by atoms with van der Waals surface area (Å²) >= 11 is 0. The molecule has 11 nitrogen and oxygen atoms in total. The number of para-hydroxylation sites is 1. The highest BCUT2D eigenvalue weighted by atomic mass is 32.2. The Kier molecular flexibility index (Phi) is 8.56. The second kappa shape index (κ2) is 11.9. The molecule has 0 N–H and O–H groups in total. The summed E-state index contributed by atoms with van der Waals surface area (Å²) in [5.41, 5.74) is 3.22. The van der Waals surface area contributed by atoms with Crippen LogP contribution in [0.1, 0.15) is 42.7 Å². The third-order valence-corrected chi connectivity index (χ3v) is 8.29. The van der Waals surface area contributed by atoms with E-state index in [0.29, 0.717) is 40.9 Å². The van der Waals surface area contributed by atoms with Crippen molar-refractivity contribution in [3.05, 3.63) is 71.8 Å². The first kappa shape index (κ1) is 28.1. The molecular formula is C27H32N6O5S. The summed E-state index contributed by atoms with van der Waals surface area (Å²) in [4.78, 5) is 12.9. The number of rotatable bonds is 11. The van der Waals surface area contributed by atoms with Gasteiger partial charge in [-0.15, -0.1) is 10.2 Å². The van der Waals surface area contributed by atoms with Crippen molar-refractivity contribution in [3.8, 4) is 28.6 Å². The van der Waals surface area contributed by atoms with Crippen LogP contribution in [0.25, 0.3) is 17.1 Å². The quantitative estimate of drug-likeness (QED) is 0.270. The molecule has 0 saturated heterocycles. The Labute approximate surface area is 228 Å². The average molecular weight is 553 g/mol. The molecule has 2 atom stereocenters. The molecule has 1 aromatic carbocycles. The van der Waals surface area contributed by atoms with Gasteiger partial charge in [-0.3, -0.25) is 19.5 Å². The minimum Gasteiger partial charge on any atom is -0.494 e. The second-order valence-corrected chi connectivity index (χ2v) is 11.4. The van der Waals surface area contributed by atoms with Gasteiger partial charge in [0, 0.05) is 30.8 Å². The molecule has 3 aromatic heterocycles. The number of ether oxygens (including phenoxy) is 3. The van der Waals surface area contributed by atoms with Crippen molar-refractivity contribution in [1.29, 1.82) is 0 Å². The van der Waals surface area contributed by atoms with Crippen LogP contribution in [0, 0.1) is 13.8 Å². The fourth-order valence-corrected chi connectivity index (χ4v) is 5.66. The lowest BCUT2D eigenvalue weighted by Crippen LogP contribution is -2.30. The number of sulfone groups is 1. The van der Waals surface area contributed by atoms with Crippen molar-refractivity contribution in [1.82, 2.24) is 29.7 Å². The normalized spacial score (nSPS) is 13.2. The standard InChI is InChI=1S/C27H32N6O5S/c1-7-38-26(21-15-29-18(3)13-30-21)19(4)39(34,35)16-24-31-32-27(20-11-17(2)12-28-14-20)33(24)25-22(36-5)9-8-10-23(25)37-6/h8-15,19,26H,7,16H2,1-6H3/t19-,26-/m1/s1. The number of pyridine rings is 1. The Bertz CT molecular complexity index is 1520. The molecule has 4 aromatic rings. The minimum absolute atomic E-state index is 0.186. The highest BCUT2D eigenvalue weighted by Crippen LogP contribution is 2.37. The van der Waals surface area contributed by atoms with Gasteiger partial charge in [0.15, 0.2) is 21.5 Å². The van der Waals surface area contributed by atoms with Crippen LogP contribution in [0.15, 0.2) is 49.1 Å². The molecule has 0 fully saturated rings. The zero-order valence-electron chi connectivity index (χ0n) is 22.8. The number of aryl methyl sites for hydroxylation is 2. The van der Waals surface area contributed by atoms with Crippen LogP contribution in [0.3, 0.4) is 0 Å². The van der Waals surface area contributed by atoms with Crippen LogP contribution in [0.4, 0.5) is 0 Å². The Morgan fingerprint density at radius 3 is 2.28 bits per heavy atom. The van der Waals surface area contributed by atoms with Gasteiger partial charge in [-0.05, 0) is 51.5 Å². The molecule has 12 heteroatoms. The highest BCUT2D eigenvalue weighted by Gasteiger charge is 2.35. The van der Waals surface area contributed by atoms with E-state index < -0.39 is 26.9 Å². The third kappa shape index (κ3) is 5.91. The number of methoxy groups -OCH3 is 2. The predicted octanol–water partition coefficient (Wildman–Crippen LogP) is 3.83. The maximum absolute atomic E-state index is 13.9. The number of nitrogens with zero attached hydrogens (tertiary/aromatic N) is 6. The Morgan fingerprint density at radius 1 is 0.974 bits per heavy atom. The molecule has 0 saturated carbocycles. The van der Waals surface area contributed by atoms with E-state index in [1.165, 1.54) is 14.2 Å². The van der Waals surface area contributed by atoms with Crippen molar-refractivity contribution in [3.63, 3.8) is 0 Å². The first-order valence-corrected chi connectivity index (χ1v) is 14.1. The van der Waals surface area contributed by atoms with Gasteiger partial charge in [0.25, 0.3) is 0 Å². The lowest BCUT2D eigenvalue weighted by molar-refractivity contribution is 0.0586. The van der Waals surface area contributed by atoms with Crippen molar-refractivity contribution < 1.29 is 22.6 Å². The van der Waals surface area contributed by atoms with Gasteiger partial charge >= 0.3 is 0 Å². The van der Waals surface area contributed by atoms with E-state index in [2.05, 4.69) is 25.1 Å². The summed E-state index contributed by atoms with van der Waals surface area (Å²) in [6.45, 7) is 7.44. The Balaban J connectivity index is 1.84. The maximum atomic E-state index is 13.9. The van der Waals surface area contributed by atoms with Gasteiger partial charge in [-0.1, -0.05) is 6.07 Å². The van der Waals surface area contributed by atoms with Crippen LogP contribution in [0.2, 0.25) is 0 Å². The molecule has 0 amide bonds. The van der Waals surface area contributed by atoms with Crippen LogP contribution in [-0.2, 0) is 20.3 Å². The Hall–Kier alpha value is -3.90. The SMILES string of the molecule is CCO[C@@H](c1cnc(C)cn1)[C@@H](C)S(=O)(=O)Cc1nnc(-c2cncc(C)c2)n1-c1c(OC)cccc1OC. The minimum atomic E-state index is -3.85. The van der Waals surface area contributed by atoms with Gasteiger partial charge in [0.1, 0.15) is 29.0 Å². The van der Waals surface area contributed by atoms with Crippen molar-refractivity contribution in [2.24, 2.45) is 0 Å². The van der Waals surface area contributed by atoms with Crippen LogP contribution in [0.5, 0.6) is 11.5 Å². The van der Waals surface area contributed by atoms with Gasteiger partial charge in [-0.2, -0.15) is 0 Å². The zero-order valence-corrected chi connectivity index (χ0v) is 23.6. The summed E-state index contributed by atoms with van der Waals surface area (Å²) in [5.74, 6) is 1.09. The maximum Gasteiger partial charge on any atom is 0.170 e. The number of benzene rings is 1. The fourth-order valence-electron chi connectivity index (χ4n) is 4.25. The summed E-state index contributed by atoms with van der Waals surface area (Å²) < 4.78 is 46.5. The average Bonchev–Trinajstić information content (AvgIpc) is 3.33. The van der Waals surface area contributed by atoms with E-state index in [1.54, 1.807) is 61.4 Å². The first-order valence-electron chi connectivity index (χ1n) is 12.4. The molecule has 206 valence electrons. The van der Waals surface area contributed by atoms with Crippen molar-refractivity contribution in [2.75, 3.05) is 20.8 Å². The molecule has 0 aliphatic carbocycles. The number of hydrogen-bond acceptors (Lipinski definition) is 10. The first-order chi connectivity index (χ1) is 18.7. The molecule has 0 aliphatic heterocycles. The van der Waals surface area contributed by atoms with E-state index in [9.17, 15) is 8.42 Å². The van der Waals surface area contributed by atoms with Gasteiger partial charge in [0.05, 0.1) is 37.1 Å². The smallest absolute Gasteiger partial charge is 0.170 e. The van der Waals surface area contributed by atoms with Crippen LogP contribution < -0.4 is 9.47 Å². The van der Waals surface area contributed by atoms with Crippen LogP contribution in [-0.4, -0.2) is 64.2 Å². The number of hydrogen-bond donors (Lipinski definition) is 0. The van der Waals surface area contributed by atoms with Crippen LogP contribution >= 0.6 is 0 Å². The van der Waals surface area contributed by atoms with Crippen molar-refractivity contribution in [2.45, 2.75) is 44.8 Å². The molecule has 0 aliphatic rings. The lowest BCUT2D eigenvalue weighted by atomic mass is 10.2. The lowest BCUT2D eigenvalue weighted by Gasteiger charge is -2.23. The zero-order chi connectivity index (χ0) is 28.2. The third-order valence-electron chi connectivity index (χ3n) is 6.25. The summed E-state index contributed by atoms with van der Waals surface area (Å²) in [6.07, 6.45) is 5.70. The summed E-state index contributed by atoms with van der Waals surface area (Å²) in [5, 5.41) is 7.77. The molecule has 0 spiro atoms. The van der Waals surface area contributed by atoms with E-state index in [1.807, 2.05) is 19.9 Å². The van der Waals surface area contributed by atoms with Gasteiger partial charge < -0.3 is 14.2 Å². The molecule has 0 radical (unpaired) electrons. The van der Waals surface area contributed by atoms with E-state index in [0.717, 1.165) is 11.3 Å². The molecule has 0 bridgehead atoms. The molecule has 3 heterocycles. The summed E-state index contributed by atoms with van der Waals surface area (Å²) in [7, 11) is -0.789. The molecular weight excluding hydrogens is 520 g/mol. The molecule has 0 unspecified atom stereocenters. The fraction of sp³-hybridized carbons (Fsp3) is 0.370. The highest BCUT2D eigenvalue weighted by molar-refractivity contribution is 7.91. The van der Waals surface area contributed by atoms with E-state index in [-0.39, 0.29) is 5.82 Å². The second-order valence-electron chi connectivity index (χ2n) is 9.01. The van der Waals surface area contributed by atoms with Crippen molar-refractivity contribution >= 4 is 9.84 Å². The van der Waals surface area contributed by atoms with E-state index >= 15 is 0 Å². The Morgan fingerprint density at radius 2 is 1.69 bits per heavy atom. The summed E-state index contributed by atoms with van der Waals surface area (Å²) in [6, 6.07) is 7.21. The molecule has 4 rings (SSSR count). The topological polar surface area (TPSA) is 131 Å². The van der Waals surface area contributed by atoms with E-state index in [4.69, 9.17) is 14.2 Å². The van der Waals surface area contributed by atoms with Gasteiger partial charge in [0.2, 0.25) is 0 Å². The molecule has 39 heavy (non-hydrogen) atoms. The number of aromatic nitrogens is 6. The monoisotopic (exact) mass is 552 g/mol. The largest absolute Gasteiger partial charge is 0.494 e.